The van der Waals surface area contributed by atoms with Gasteiger partial charge in [0.2, 0.25) is 5.91 Å². The Kier molecular flexibility index (Phi) is 6.21. The van der Waals surface area contributed by atoms with Crippen molar-refractivity contribution in [3.8, 4) is 6.07 Å². The molecular formula is C24H24F3N5O2. The monoisotopic (exact) mass is 471 g/mol. The first-order valence-corrected chi connectivity index (χ1v) is 11.0. The van der Waals surface area contributed by atoms with Gasteiger partial charge in [-0.1, -0.05) is 6.07 Å². The Labute approximate surface area is 195 Å². The van der Waals surface area contributed by atoms with Gasteiger partial charge in [-0.2, -0.15) is 18.4 Å². The van der Waals surface area contributed by atoms with Gasteiger partial charge in [-0.25, -0.2) is 0 Å². The summed E-state index contributed by atoms with van der Waals surface area (Å²) in [6, 6.07) is 10.4. The largest absolute Gasteiger partial charge is 0.417 e. The Morgan fingerprint density at radius 2 is 1.94 bits per heavy atom. The number of amides is 2. The molecule has 7 nitrogen and oxygen atoms in total. The smallest absolute Gasteiger partial charge is 0.371 e. The Bertz CT molecular complexity index is 1120. The van der Waals surface area contributed by atoms with Gasteiger partial charge >= 0.3 is 6.18 Å². The maximum absolute atomic E-state index is 13.4. The average Bonchev–Trinajstić information content (AvgIpc) is 3.21. The number of piperidine rings is 1. The molecule has 1 aromatic heterocycles. The van der Waals surface area contributed by atoms with Gasteiger partial charge in [-0.3, -0.25) is 14.6 Å². The van der Waals surface area contributed by atoms with E-state index in [1.165, 1.54) is 12.1 Å². The predicted molar refractivity (Wildman–Crippen MR) is 118 cm³/mol. The van der Waals surface area contributed by atoms with Gasteiger partial charge in [0.25, 0.3) is 5.91 Å². The Balaban J connectivity index is 1.55. The fraction of sp³-hybridized carbons (Fsp3) is 0.417. The minimum Gasteiger partial charge on any atom is -0.371 e. The third-order valence-electron chi connectivity index (χ3n) is 6.94. The van der Waals surface area contributed by atoms with Crippen LogP contribution < -0.4 is 10.2 Å². The molecule has 2 aliphatic rings. The summed E-state index contributed by atoms with van der Waals surface area (Å²) < 4.78 is 40.2. The van der Waals surface area contributed by atoms with Crippen molar-refractivity contribution in [1.82, 2.24) is 15.2 Å². The lowest BCUT2D eigenvalue weighted by molar-refractivity contribution is -0.137. The lowest BCUT2D eigenvalue weighted by atomic mass is 9.70. The number of anilines is 1. The normalized spacial score (nSPS) is 19.7. The fourth-order valence-electron chi connectivity index (χ4n) is 5.09. The van der Waals surface area contributed by atoms with E-state index >= 15 is 0 Å². The summed E-state index contributed by atoms with van der Waals surface area (Å²) in [4.78, 5) is 33.3. The van der Waals surface area contributed by atoms with E-state index in [-0.39, 0.29) is 18.4 Å². The van der Waals surface area contributed by atoms with E-state index in [1.807, 2.05) is 4.90 Å². The molecule has 0 radical (unpaired) electrons. The molecule has 0 bridgehead atoms. The van der Waals surface area contributed by atoms with Crippen molar-refractivity contribution in [2.45, 2.75) is 19.0 Å². The zero-order valence-electron chi connectivity index (χ0n) is 18.6. The molecule has 2 aliphatic heterocycles. The number of nitriles is 1. The number of pyridine rings is 1. The highest BCUT2D eigenvalue weighted by atomic mass is 19.4. The minimum atomic E-state index is -4.62. The summed E-state index contributed by atoms with van der Waals surface area (Å²) in [5.74, 6) is -0.808. The van der Waals surface area contributed by atoms with Gasteiger partial charge in [0.1, 0.15) is 5.69 Å². The number of rotatable bonds is 3. The van der Waals surface area contributed by atoms with Crippen molar-refractivity contribution >= 4 is 17.5 Å². The van der Waals surface area contributed by atoms with Crippen LogP contribution in [0.4, 0.5) is 18.9 Å². The molecule has 0 saturated carbocycles. The van der Waals surface area contributed by atoms with Crippen LogP contribution >= 0.6 is 0 Å². The van der Waals surface area contributed by atoms with Gasteiger partial charge in [0.05, 0.1) is 23.1 Å². The van der Waals surface area contributed by atoms with E-state index in [1.54, 1.807) is 42.4 Å². The number of likely N-dealkylation sites (tertiary alicyclic amines) is 1. The predicted octanol–water partition coefficient (Wildman–Crippen LogP) is 3.08. The molecule has 10 heteroatoms. The molecule has 1 aromatic carbocycles. The zero-order chi connectivity index (χ0) is 24.5. The topological polar surface area (TPSA) is 89.3 Å². The van der Waals surface area contributed by atoms with Crippen molar-refractivity contribution in [3.63, 3.8) is 0 Å². The molecule has 2 aromatic rings. The van der Waals surface area contributed by atoms with Crippen LogP contribution in [-0.4, -0.2) is 54.9 Å². The molecule has 34 heavy (non-hydrogen) atoms. The van der Waals surface area contributed by atoms with Crippen LogP contribution in [0.3, 0.4) is 0 Å². The second kappa shape index (κ2) is 8.97. The number of hydrogen-bond acceptors (Lipinski definition) is 5. The summed E-state index contributed by atoms with van der Waals surface area (Å²) in [6.07, 6.45) is -2.00. The van der Waals surface area contributed by atoms with Gasteiger partial charge in [-0.15, -0.1) is 0 Å². The first-order chi connectivity index (χ1) is 16.2. The third-order valence-corrected chi connectivity index (χ3v) is 6.94. The maximum atomic E-state index is 13.4. The Morgan fingerprint density at radius 3 is 2.53 bits per heavy atom. The number of aromatic nitrogens is 1. The Morgan fingerprint density at radius 1 is 1.21 bits per heavy atom. The zero-order valence-corrected chi connectivity index (χ0v) is 18.6. The van der Waals surface area contributed by atoms with Gasteiger partial charge in [0, 0.05) is 50.5 Å². The standard InChI is InChI=1S/C24H24F3N5O2/c1-29-21(33)19-14-32(22(34)20-4-2-3-9-30-20)15-23(19)7-10-31(11-8-23)17-6-5-16(13-28)18(12-17)24(25,26)27/h2-6,9,12,19H,7-8,10-11,14-15H2,1H3,(H,29,33). The maximum Gasteiger partial charge on any atom is 0.417 e. The summed E-state index contributed by atoms with van der Waals surface area (Å²) in [5.41, 5.74) is -1.14. The van der Waals surface area contributed by atoms with Crippen LogP contribution in [0.25, 0.3) is 0 Å². The highest BCUT2D eigenvalue weighted by Gasteiger charge is 2.52. The number of carbonyl (C=O) groups is 2. The Hall–Kier alpha value is -3.61. The van der Waals surface area contributed by atoms with Crippen molar-refractivity contribution in [2.75, 3.05) is 38.1 Å². The van der Waals surface area contributed by atoms with E-state index in [4.69, 9.17) is 5.26 Å². The van der Waals surface area contributed by atoms with Crippen LogP contribution in [0.5, 0.6) is 0 Å². The van der Waals surface area contributed by atoms with E-state index in [0.29, 0.717) is 43.9 Å². The van der Waals surface area contributed by atoms with Crippen LogP contribution in [0, 0.1) is 22.7 Å². The molecule has 2 saturated heterocycles. The van der Waals surface area contributed by atoms with Crippen molar-refractivity contribution in [1.29, 1.82) is 5.26 Å². The van der Waals surface area contributed by atoms with E-state index < -0.39 is 28.6 Å². The van der Waals surface area contributed by atoms with Gasteiger partial charge in [-0.05, 0) is 43.2 Å². The summed E-state index contributed by atoms with van der Waals surface area (Å²) in [5, 5.41) is 11.7. The molecule has 4 rings (SSSR count). The quantitative estimate of drug-likeness (QED) is 0.743. The number of hydrogen-bond donors (Lipinski definition) is 1. The molecule has 1 unspecified atom stereocenters. The van der Waals surface area contributed by atoms with Gasteiger partial charge in [0.15, 0.2) is 0 Å². The SMILES string of the molecule is CNC(=O)C1CN(C(=O)c2ccccn2)CC12CCN(c1ccc(C#N)c(C(F)(F)F)c1)CC2. The molecule has 1 N–H and O–H groups in total. The molecule has 1 atom stereocenters. The van der Waals surface area contributed by atoms with E-state index in [9.17, 15) is 22.8 Å². The second-order valence-electron chi connectivity index (χ2n) is 8.76. The van der Waals surface area contributed by atoms with Gasteiger partial charge < -0.3 is 15.1 Å². The number of alkyl halides is 3. The van der Waals surface area contributed by atoms with Crippen molar-refractivity contribution < 1.29 is 22.8 Å². The van der Waals surface area contributed by atoms with Crippen LogP contribution in [0.2, 0.25) is 0 Å². The number of benzene rings is 1. The highest BCUT2D eigenvalue weighted by Crippen LogP contribution is 2.46. The van der Waals surface area contributed by atoms with Crippen LogP contribution in [0.1, 0.15) is 34.5 Å². The van der Waals surface area contributed by atoms with Crippen LogP contribution in [-0.2, 0) is 11.0 Å². The lowest BCUT2D eigenvalue weighted by Crippen LogP contribution is -2.48. The summed E-state index contributed by atoms with van der Waals surface area (Å²) in [7, 11) is 1.56. The number of halogens is 3. The average molecular weight is 471 g/mol. The first kappa shape index (κ1) is 23.5. The molecule has 1 spiro atoms. The molecule has 3 heterocycles. The molecule has 2 fully saturated rings. The first-order valence-electron chi connectivity index (χ1n) is 11.0. The van der Waals surface area contributed by atoms with Crippen molar-refractivity contribution in [3.05, 3.63) is 59.4 Å². The summed E-state index contributed by atoms with van der Waals surface area (Å²) >= 11 is 0. The molecule has 2 amide bonds. The number of carbonyl (C=O) groups excluding carboxylic acids is 2. The van der Waals surface area contributed by atoms with E-state index in [2.05, 4.69) is 10.3 Å². The molecule has 178 valence electrons. The lowest BCUT2D eigenvalue weighted by Gasteiger charge is -2.43. The third kappa shape index (κ3) is 4.30. The highest BCUT2D eigenvalue weighted by molar-refractivity contribution is 5.93. The van der Waals surface area contributed by atoms with Crippen molar-refractivity contribution in [2.24, 2.45) is 11.3 Å². The fourth-order valence-corrected chi connectivity index (χ4v) is 5.09. The van der Waals surface area contributed by atoms with Crippen LogP contribution in [0.15, 0.2) is 42.6 Å². The second-order valence-corrected chi connectivity index (χ2v) is 8.76. The minimum absolute atomic E-state index is 0.150. The molecule has 0 aliphatic carbocycles. The molecular weight excluding hydrogens is 447 g/mol. The summed E-state index contributed by atoms with van der Waals surface area (Å²) in [6.45, 7) is 1.52. The van der Waals surface area contributed by atoms with E-state index in [0.717, 1.165) is 6.07 Å². The number of nitrogens with zero attached hydrogens (tertiary/aromatic N) is 4. The number of nitrogens with one attached hydrogen (secondary N) is 1.